The number of carbonyl (C=O) groups is 1. The van der Waals surface area contributed by atoms with Gasteiger partial charge in [0.15, 0.2) is 0 Å². The second-order valence-corrected chi connectivity index (χ2v) is 4.88. The number of hydrogen-bond donors (Lipinski definition) is 0. The average molecular weight is 257 g/mol. The van der Waals surface area contributed by atoms with Gasteiger partial charge in [-0.1, -0.05) is 12.1 Å². The molecule has 0 radical (unpaired) electrons. The van der Waals surface area contributed by atoms with E-state index in [1.54, 1.807) is 11.0 Å². The summed E-state index contributed by atoms with van der Waals surface area (Å²) in [5.41, 5.74) is 1.53. The van der Waals surface area contributed by atoms with Crippen LogP contribution in [0.1, 0.15) is 12.0 Å². The molecule has 1 aromatic heterocycles. The third-order valence-corrected chi connectivity index (χ3v) is 3.57. The summed E-state index contributed by atoms with van der Waals surface area (Å²) in [6, 6.07) is 5.51. The Balaban J connectivity index is 1.98. The predicted octanol–water partition coefficient (Wildman–Crippen LogP) is 0.937. The van der Waals surface area contributed by atoms with Crippen molar-refractivity contribution in [1.82, 2.24) is 14.5 Å². The molecular formula is C14H15N3O2. The first-order valence-electron chi connectivity index (χ1n) is 6.39. The Morgan fingerprint density at radius 1 is 1.37 bits per heavy atom. The van der Waals surface area contributed by atoms with Crippen molar-refractivity contribution in [3.8, 4) is 0 Å². The van der Waals surface area contributed by atoms with Gasteiger partial charge in [-0.25, -0.2) is 4.98 Å². The highest BCUT2D eigenvalue weighted by molar-refractivity contribution is 5.81. The van der Waals surface area contributed by atoms with E-state index in [-0.39, 0.29) is 18.0 Å². The molecule has 1 fully saturated rings. The zero-order valence-electron chi connectivity index (χ0n) is 10.8. The summed E-state index contributed by atoms with van der Waals surface area (Å²) < 4.78 is 1.39. The highest BCUT2D eigenvalue weighted by atomic mass is 16.2. The molecule has 2 heterocycles. The molecule has 0 saturated carbocycles. The minimum Gasteiger partial charge on any atom is -0.341 e. The van der Waals surface area contributed by atoms with Crippen LogP contribution >= 0.6 is 0 Å². The van der Waals surface area contributed by atoms with Crippen LogP contribution in [0.25, 0.3) is 10.9 Å². The zero-order valence-corrected chi connectivity index (χ0v) is 10.8. The van der Waals surface area contributed by atoms with Crippen LogP contribution in [0.4, 0.5) is 0 Å². The molecule has 5 heteroatoms. The summed E-state index contributed by atoms with van der Waals surface area (Å²) in [5, 5.41) is 0.568. The van der Waals surface area contributed by atoms with Crippen LogP contribution in [0.2, 0.25) is 0 Å². The second-order valence-electron chi connectivity index (χ2n) is 4.88. The maximum absolute atomic E-state index is 12.3. The van der Waals surface area contributed by atoms with Gasteiger partial charge in [0.05, 0.1) is 17.2 Å². The van der Waals surface area contributed by atoms with Crippen LogP contribution in [-0.4, -0.2) is 33.4 Å². The van der Waals surface area contributed by atoms with Crippen LogP contribution in [0.5, 0.6) is 0 Å². The molecule has 3 rings (SSSR count). The van der Waals surface area contributed by atoms with Crippen molar-refractivity contribution >= 4 is 16.8 Å². The second kappa shape index (κ2) is 4.50. The van der Waals surface area contributed by atoms with Gasteiger partial charge in [0.2, 0.25) is 5.91 Å². The Morgan fingerprint density at radius 2 is 2.16 bits per heavy atom. The van der Waals surface area contributed by atoms with Gasteiger partial charge in [0, 0.05) is 13.1 Å². The molecule has 1 amide bonds. The fraction of sp³-hybridized carbons (Fsp3) is 0.357. The Bertz CT molecular complexity index is 701. The molecular weight excluding hydrogens is 242 g/mol. The normalized spacial score (nSPS) is 14.5. The molecule has 2 aromatic rings. The monoisotopic (exact) mass is 257 g/mol. The van der Waals surface area contributed by atoms with Gasteiger partial charge in [-0.2, -0.15) is 0 Å². The first kappa shape index (κ1) is 11.9. The minimum absolute atomic E-state index is 0.0119. The van der Waals surface area contributed by atoms with Gasteiger partial charge >= 0.3 is 0 Å². The summed E-state index contributed by atoms with van der Waals surface area (Å²) in [6.45, 7) is 3.60. The molecule has 0 aliphatic carbocycles. The fourth-order valence-electron chi connectivity index (χ4n) is 2.26. The summed E-state index contributed by atoms with van der Waals surface area (Å²) in [6.07, 6.45) is 2.52. The number of nitrogens with zero attached hydrogens (tertiary/aromatic N) is 3. The number of para-hydroxylation sites is 1. The van der Waals surface area contributed by atoms with E-state index < -0.39 is 0 Å². The summed E-state index contributed by atoms with van der Waals surface area (Å²) in [5.74, 6) is -0.0119. The number of aryl methyl sites for hydroxylation is 1. The van der Waals surface area contributed by atoms with Crippen molar-refractivity contribution in [1.29, 1.82) is 0 Å². The van der Waals surface area contributed by atoms with Crippen molar-refractivity contribution in [3.63, 3.8) is 0 Å². The first-order valence-corrected chi connectivity index (χ1v) is 6.39. The number of likely N-dealkylation sites (tertiary alicyclic amines) is 1. The van der Waals surface area contributed by atoms with Gasteiger partial charge in [0.25, 0.3) is 5.56 Å². The molecule has 1 aromatic carbocycles. The lowest BCUT2D eigenvalue weighted by atomic mass is 10.1. The van der Waals surface area contributed by atoms with E-state index in [1.165, 1.54) is 10.9 Å². The Hall–Kier alpha value is -2.17. The molecule has 0 N–H and O–H groups in total. The van der Waals surface area contributed by atoms with E-state index in [2.05, 4.69) is 4.98 Å². The van der Waals surface area contributed by atoms with Crippen LogP contribution < -0.4 is 5.56 Å². The maximum atomic E-state index is 12.3. The number of aromatic nitrogens is 2. The van der Waals surface area contributed by atoms with Crippen molar-refractivity contribution < 1.29 is 4.79 Å². The van der Waals surface area contributed by atoms with E-state index in [4.69, 9.17) is 0 Å². The average Bonchev–Trinajstić information content (AvgIpc) is 2.31. The minimum atomic E-state index is -0.150. The van der Waals surface area contributed by atoms with Crippen LogP contribution in [0.3, 0.4) is 0 Å². The first-order chi connectivity index (χ1) is 9.16. The third kappa shape index (κ3) is 2.01. The number of benzene rings is 1. The van der Waals surface area contributed by atoms with Crippen molar-refractivity contribution in [2.45, 2.75) is 19.9 Å². The SMILES string of the molecule is Cc1cccc2c(=O)n(CC(=O)N3CCC3)cnc12. The third-order valence-electron chi connectivity index (χ3n) is 3.57. The van der Waals surface area contributed by atoms with E-state index in [1.807, 2.05) is 19.1 Å². The molecule has 0 atom stereocenters. The largest absolute Gasteiger partial charge is 0.341 e. The standard InChI is InChI=1S/C14H15N3O2/c1-10-4-2-5-11-13(10)15-9-17(14(11)19)8-12(18)16-6-3-7-16/h2,4-5,9H,3,6-8H2,1H3. The molecule has 1 aliphatic heterocycles. The van der Waals surface area contributed by atoms with Gasteiger partial charge < -0.3 is 4.90 Å². The lowest BCUT2D eigenvalue weighted by Gasteiger charge is -2.30. The zero-order chi connectivity index (χ0) is 13.4. The van der Waals surface area contributed by atoms with Gasteiger partial charge in [-0.3, -0.25) is 14.2 Å². The summed E-state index contributed by atoms with van der Waals surface area (Å²) in [4.78, 5) is 30.2. The quantitative estimate of drug-likeness (QED) is 0.804. The molecule has 19 heavy (non-hydrogen) atoms. The smallest absolute Gasteiger partial charge is 0.261 e. The van der Waals surface area contributed by atoms with Gasteiger partial charge in [0.1, 0.15) is 6.54 Å². The molecule has 5 nitrogen and oxygen atoms in total. The topological polar surface area (TPSA) is 55.2 Å². The molecule has 0 unspecified atom stereocenters. The lowest BCUT2D eigenvalue weighted by Crippen LogP contribution is -2.44. The molecule has 0 spiro atoms. The lowest BCUT2D eigenvalue weighted by molar-refractivity contribution is -0.135. The molecule has 1 aliphatic rings. The van der Waals surface area contributed by atoms with Gasteiger partial charge in [-0.05, 0) is 25.0 Å². The van der Waals surface area contributed by atoms with E-state index in [0.717, 1.165) is 25.1 Å². The van der Waals surface area contributed by atoms with Crippen molar-refractivity contribution in [3.05, 3.63) is 40.4 Å². The van der Waals surface area contributed by atoms with Crippen LogP contribution in [0, 0.1) is 6.92 Å². The summed E-state index contributed by atoms with van der Waals surface area (Å²) in [7, 11) is 0. The number of fused-ring (bicyclic) bond motifs is 1. The molecule has 98 valence electrons. The molecule has 0 bridgehead atoms. The van der Waals surface area contributed by atoms with Crippen molar-refractivity contribution in [2.24, 2.45) is 0 Å². The van der Waals surface area contributed by atoms with E-state index in [0.29, 0.717) is 10.9 Å². The number of rotatable bonds is 2. The fourth-order valence-corrected chi connectivity index (χ4v) is 2.26. The predicted molar refractivity (Wildman–Crippen MR) is 71.9 cm³/mol. The Labute approximate surface area is 110 Å². The van der Waals surface area contributed by atoms with E-state index >= 15 is 0 Å². The number of amides is 1. The Kier molecular flexibility index (Phi) is 2.81. The van der Waals surface area contributed by atoms with Gasteiger partial charge in [-0.15, -0.1) is 0 Å². The maximum Gasteiger partial charge on any atom is 0.261 e. The Morgan fingerprint density at radius 3 is 2.84 bits per heavy atom. The highest BCUT2D eigenvalue weighted by Gasteiger charge is 2.20. The van der Waals surface area contributed by atoms with E-state index in [9.17, 15) is 9.59 Å². The summed E-state index contributed by atoms with van der Waals surface area (Å²) >= 11 is 0. The number of hydrogen-bond acceptors (Lipinski definition) is 3. The molecule has 1 saturated heterocycles. The van der Waals surface area contributed by atoms with Crippen LogP contribution in [0.15, 0.2) is 29.3 Å². The van der Waals surface area contributed by atoms with Crippen molar-refractivity contribution in [2.75, 3.05) is 13.1 Å². The highest BCUT2D eigenvalue weighted by Crippen LogP contribution is 2.11. The number of carbonyl (C=O) groups excluding carboxylic acids is 1. The van der Waals surface area contributed by atoms with Crippen LogP contribution in [-0.2, 0) is 11.3 Å².